The fraction of sp³-hybridized carbons (Fsp3) is 0.611. The summed E-state index contributed by atoms with van der Waals surface area (Å²) in [5.41, 5.74) is 0.815. The highest BCUT2D eigenvalue weighted by atomic mass is 19.1. The van der Waals surface area contributed by atoms with Crippen LogP contribution in [-0.4, -0.2) is 49.7 Å². The quantitative estimate of drug-likeness (QED) is 0.685. The summed E-state index contributed by atoms with van der Waals surface area (Å²) in [5.74, 6) is 1.09. The van der Waals surface area contributed by atoms with Gasteiger partial charge in [-0.05, 0) is 37.8 Å². The number of rotatable bonds is 4. The molecule has 0 radical (unpaired) electrons. The number of benzene rings is 1. The van der Waals surface area contributed by atoms with Crippen LogP contribution in [0.1, 0.15) is 37.7 Å². The molecule has 2 unspecified atom stereocenters. The Morgan fingerprint density at radius 2 is 2.09 bits per heavy atom. The zero-order chi connectivity index (χ0) is 16.2. The first-order chi connectivity index (χ1) is 11.2. The van der Waals surface area contributed by atoms with Crippen LogP contribution in [0.25, 0.3) is 0 Å². The monoisotopic (exact) mass is 319 g/mol. The average Bonchev–Trinajstić information content (AvgIpc) is 3.33. The van der Waals surface area contributed by atoms with E-state index in [1.165, 1.54) is 6.07 Å². The minimum absolute atomic E-state index is 0.102. The Kier molecular flexibility index (Phi) is 5.16. The summed E-state index contributed by atoms with van der Waals surface area (Å²) in [6.45, 7) is 4.75. The molecule has 1 N–H and O–H groups in total. The molecule has 1 saturated carbocycles. The lowest BCUT2D eigenvalue weighted by Gasteiger charge is -2.34. The smallest absolute Gasteiger partial charge is 0.193 e. The third-order valence-corrected chi connectivity index (χ3v) is 4.77. The number of nitrogens with zero attached hydrogens (tertiary/aromatic N) is 2. The maximum atomic E-state index is 13.9. The van der Waals surface area contributed by atoms with Gasteiger partial charge in [-0.25, -0.2) is 4.39 Å². The molecule has 2 aliphatic rings. The highest BCUT2D eigenvalue weighted by Crippen LogP contribution is 2.41. The van der Waals surface area contributed by atoms with Crippen molar-refractivity contribution in [3.63, 3.8) is 0 Å². The fourth-order valence-corrected chi connectivity index (χ4v) is 3.41. The van der Waals surface area contributed by atoms with Crippen LogP contribution in [0.5, 0.6) is 0 Å². The molecule has 0 bridgehead atoms. The van der Waals surface area contributed by atoms with Gasteiger partial charge in [-0.2, -0.15) is 0 Å². The Bertz CT molecular complexity index is 555. The maximum Gasteiger partial charge on any atom is 0.193 e. The first-order valence-electron chi connectivity index (χ1n) is 8.57. The van der Waals surface area contributed by atoms with E-state index < -0.39 is 0 Å². The van der Waals surface area contributed by atoms with Gasteiger partial charge in [0.2, 0.25) is 0 Å². The number of aliphatic imine (C=N–C) groups is 1. The third kappa shape index (κ3) is 3.83. The summed E-state index contributed by atoms with van der Waals surface area (Å²) in [7, 11) is 1.82. The zero-order valence-electron chi connectivity index (χ0n) is 14.0. The fourth-order valence-electron chi connectivity index (χ4n) is 3.41. The molecule has 1 aliphatic heterocycles. The number of likely N-dealkylation sites (tertiary alicyclic amines) is 1. The predicted octanol–water partition coefficient (Wildman–Crippen LogP) is 2.76. The van der Waals surface area contributed by atoms with Crippen molar-refractivity contribution >= 4 is 5.96 Å². The summed E-state index contributed by atoms with van der Waals surface area (Å²) in [4.78, 5) is 6.69. The molecule has 126 valence electrons. The summed E-state index contributed by atoms with van der Waals surface area (Å²) < 4.78 is 19.6. The molecular formula is C18H26FN3O. The van der Waals surface area contributed by atoms with E-state index in [2.05, 4.69) is 15.2 Å². The van der Waals surface area contributed by atoms with Crippen LogP contribution < -0.4 is 5.32 Å². The van der Waals surface area contributed by atoms with Crippen LogP contribution in [0, 0.1) is 5.82 Å². The molecular weight excluding hydrogens is 293 g/mol. The van der Waals surface area contributed by atoms with Crippen molar-refractivity contribution < 1.29 is 9.13 Å². The largest absolute Gasteiger partial charge is 0.378 e. The van der Waals surface area contributed by atoms with E-state index in [-0.39, 0.29) is 17.8 Å². The lowest BCUT2D eigenvalue weighted by molar-refractivity contribution is 0.0263. The van der Waals surface area contributed by atoms with Gasteiger partial charge in [0.05, 0.1) is 6.10 Å². The van der Waals surface area contributed by atoms with E-state index in [4.69, 9.17) is 4.74 Å². The summed E-state index contributed by atoms with van der Waals surface area (Å²) in [6, 6.07) is 7.36. The SMILES string of the molecule is CCOC1CCN(C(=NC)NC2CC2c2ccccc2F)CC1. The van der Waals surface area contributed by atoms with Gasteiger partial charge >= 0.3 is 0 Å². The van der Waals surface area contributed by atoms with Gasteiger partial charge in [0.15, 0.2) is 5.96 Å². The van der Waals surface area contributed by atoms with Crippen LogP contribution in [-0.2, 0) is 4.74 Å². The standard InChI is InChI=1S/C18H26FN3O/c1-3-23-13-8-10-22(11-9-13)18(20-2)21-17-12-15(17)14-6-4-5-7-16(14)19/h4-7,13,15,17H,3,8-12H2,1-2H3,(H,20,21). The average molecular weight is 319 g/mol. The molecule has 1 aromatic carbocycles. The lowest BCUT2D eigenvalue weighted by Crippen LogP contribution is -2.47. The molecule has 0 aromatic heterocycles. The molecule has 1 saturated heterocycles. The molecule has 2 atom stereocenters. The molecule has 1 heterocycles. The van der Waals surface area contributed by atoms with Crippen molar-refractivity contribution in [3.8, 4) is 0 Å². The van der Waals surface area contributed by atoms with Crippen LogP contribution in [0.2, 0.25) is 0 Å². The topological polar surface area (TPSA) is 36.9 Å². The number of ether oxygens (including phenoxy) is 1. The second-order valence-corrected chi connectivity index (χ2v) is 6.30. The van der Waals surface area contributed by atoms with Crippen LogP contribution in [0.15, 0.2) is 29.3 Å². The number of hydrogen-bond donors (Lipinski definition) is 1. The second-order valence-electron chi connectivity index (χ2n) is 6.30. The molecule has 1 aromatic rings. The van der Waals surface area contributed by atoms with Crippen LogP contribution >= 0.6 is 0 Å². The van der Waals surface area contributed by atoms with Gasteiger partial charge in [0, 0.05) is 38.7 Å². The number of piperidine rings is 1. The Hall–Kier alpha value is -1.62. The number of guanidine groups is 1. The van der Waals surface area contributed by atoms with Gasteiger partial charge in [0.25, 0.3) is 0 Å². The molecule has 23 heavy (non-hydrogen) atoms. The van der Waals surface area contributed by atoms with E-state index in [1.807, 2.05) is 26.1 Å². The van der Waals surface area contributed by atoms with Crippen molar-refractivity contribution in [2.24, 2.45) is 4.99 Å². The minimum Gasteiger partial charge on any atom is -0.378 e. The highest BCUT2D eigenvalue weighted by molar-refractivity contribution is 5.80. The number of hydrogen-bond acceptors (Lipinski definition) is 2. The predicted molar refractivity (Wildman–Crippen MR) is 90.3 cm³/mol. The third-order valence-electron chi connectivity index (χ3n) is 4.77. The first-order valence-corrected chi connectivity index (χ1v) is 8.57. The van der Waals surface area contributed by atoms with Gasteiger partial charge in [-0.3, -0.25) is 4.99 Å². The normalized spacial score (nSPS) is 25.5. The van der Waals surface area contributed by atoms with Crippen LogP contribution in [0.4, 0.5) is 4.39 Å². The number of nitrogens with one attached hydrogen (secondary N) is 1. The van der Waals surface area contributed by atoms with Gasteiger partial charge < -0.3 is 15.0 Å². The van der Waals surface area contributed by atoms with E-state index in [1.54, 1.807) is 6.07 Å². The Labute approximate surface area is 137 Å². The van der Waals surface area contributed by atoms with E-state index in [0.29, 0.717) is 6.10 Å². The van der Waals surface area contributed by atoms with Gasteiger partial charge in [0.1, 0.15) is 5.82 Å². The van der Waals surface area contributed by atoms with Gasteiger partial charge in [-0.1, -0.05) is 18.2 Å². The Morgan fingerprint density at radius 3 is 2.74 bits per heavy atom. The summed E-state index contributed by atoms with van der Waals surface area (Å²) in [5, 5.41) is 3.50. The van der Waals surface area contributed by atoms with Crippen molar-refractivity contribution in [2.75, 3.05) is 26.7 Å². The van der Waals surface area contributed by atoms with Gasteiger partial charge in [-0.15, -0.1) is 0 Å². The molecule has 5 heteroatoms. The number of halogens is 1. The van der Waals surface area contributed by atoms with Crippen molar-refractivity contribution in [1.29, 1.82) is 0 Å². The Morgan fingerprint density at radius 1 is 1.35 bits per heavy atom. The molecule has 3 rings (SSSR count). The highest BCUT2D eigenvalue weighted by Gasteiger charge is 2.41. The van der Waals surface area contributed by atoms with E-state index >= 15 is 0 Å². The zero-order valence-corrected chi connectivity index (χ0v) is 14.0. The van der Waals surface area contributed by atoms with E-state index in [0.717, 1.165) is 50.5 Å². The van der Waals surface area contributed by atoms with Crippen molar-refractivity contribution in [1.82, 2.24) is 10.2 Å². The molecule has 0 spiro atoms. The Balaban J connectivity index is 1.53. The first kappa shape index (κ1) is 16.2. The molecule has 2 fully saturated rings. The van der Waals surface area contributed by atoms with Crippen LogP contribution in [0.3, 0.4) is 0 Å². The molecule has 4 nitrogen and oxygen atoms in total. The maximum absolute atomic E-state index is 13.9. The lowest BCUT2D eigenvalue weighted by atomic mass is 10.1. The van der Waals surface area contributed by atoms with Crippen molar-refractivity contribution in [3.05, 3.63) is 35.6 Å². The molecule has 1 aliphatic carbocycles. The summed E-state index contributed by atoms with van der Waals surface area (Å²) in [6.07, 6.45) is 3.42. The second kappa shape index (κ2) is 7.30. The van der Waals surface area contributed by atoms with Crippen molar-refractivity contribution in [2.45, 2.75) is 44.2 Å². The minimum atomic E-state index is -0.102. The summed E-state index contributed by atoms with van der Waals surface area (Å²) >= 11 is 0. The molecule has 0 amide bonds. The van der Waals surface area contributed by atoms with E-state index in [9.17, 15) is 4.39 Å².